The second-order valence-corrected chi connectivity index (χ2v) is 7.41. The maximum Gasteiger partial charge on any atom is 0.168 e. The Bertz CT molecular complexity index is 868. The summed E-state index contributed by atoms with van der Waals surface area (Å²) >= 11 is 0. The maximum atomic E-state index is 12.6. The molecule has 2 aromatic rings. The van der Waals surface area contributed by atoms with Crippen molar-refractivity contribution in [2.75, 3.05) is 0 Å². The van der Waals surface area contributed by atoms with E-state index in [-0.39, 0.29) is 23.5 Å². The van der Waals surface area contributed by atoms with Gasteiger partial charge in [-0.1, -0.05) is 54.1 Å². The van der Waals surface area contributed by atoms with Crippen molar-refractivity contribution in [1.82, 2.24) is 0 Å². The number of aryl methyl sites for hydroxylation is 1. The Hall–Kier alpha value is -2.68. The lowest BCUT2D eigenvalue weighted by Crippen LogP contribution is -2.20. The molecule has 2 aliphatic carbocycles. The van der Waals surface area contributed by atoms with E-state index in [1.54, 1.807) is 6.21 Å². The van der Waals surface area contributed by atoms with Gasteiger partial charge in [-0.2, -0.15) is 0 Å². The van der Waals surface area contributed by atoms with Crippen LogP contribution in [0.5, 0.6) is 0 Å². The van der Waals surface area contributed by atoms with Gasteiger partial charge in [0.05, 0.1) is 11.6 Å². The number of carbonyl (C=O) groups is 1. The minimum Gasteiger partial charge on any atom is -0.511 e. The zero-order valence-corrected chi connectivity index (χ0v) is 15.0. The first-order chi connectivity index (χ1) is 12.6. The molecule has 0 saturated carbocycles. The molecule has 0 aliphatic heterocycles. The third-order valence-corrected chi connectivity index (χ3v) is 5.48. The highest BCUT2D eigenvalue weighted by Crippen LogP contribution is 2.33. The fraction of sp³-hybridized carbons (Fsp3) is 0.304. The number of ketones is 1. The van der Waals surface area contributed by atoms with E-state index in [2.05, 4.69) is 53.5 Å². The molecule has 1 unspecified atom stereocenters. The van der Waals surface area contributed by atoms with Crippen molar-refractivity contribution in [3.8, 4) is 0 Å². The highest BCUT2D eigenvalue weighted by molar-refractivity contribution is 6.14. The number of fused-ring (bicyclic) bond motifs is 1. The molecule has 0 amide bonds. The van der Waals surface area contributed by atoms with Crippen molar-refractivity contribution in [2.24, 2.45) is 4.99 Å². The third-order valence-electron chi connectivity index (χ3n) is 5.48. The second-order valence-electron chi connectivity index (χ2n) is 7.41. The Morgan fingerprint density at radius 1 is 0.962 bits per heavy atom. The number of hydrogen-bond donors (Lipinski definition) is 1. The quantitative estimate of drug-likeness (QED) is 0.833. The number of aliphatic hydroxyl groups is 1. The van der Waals surface area contributed by atoms with Crippen molar-refractivity contribution in [3.05, 3.63) is 82.1 Å². The summed E-state index contributed by atoms with van der Waals surface area (Å²) < 4.78 is 0. The summed E-state index contributed by atoms with van der Waals surface area (Å²) in [6, 6.07) is 16.7. The van der Waals surface area contributed by atoms with Gasteiger partial charge in [0, 0.05) is 19.1 Å². The number of aliphatic imine (C=N–C) groups is 1. The molecule has 132 valence electrons. The maximum absolute atomic E-state index is 12.6. The van der Waals surface area contributed by atoms with Crippen LogP contribution in [0.1, 0.15) is 41.0 Å². The summed E-state index contributed by atoms with van der Waals surface area (Å²) in [5.41, 5.74) is 5.37. The van der Waals surface area contributed by atoms with E-state index in [1.807, 2.05) is 6.92 Å². The van der Waals surface area contributed by atoms with Gasteiger partial charge < -0.3 is 5.11 Å². The van der Waals surface area contributed by atoms with E-state index in [0.717, 1.165) is 18.4 Å². The molecule has 0 bridgehead atoms. The number of hydrogen-bond acceptors (Lipinski definition) is 3. The summed E-state index contributed by atoms with van der Waals surface area (Å²) in [5.74, 6) is 0.209. The number of rotatable bonds is 3. The van der Waals surface area contributed by atoms with Gasteiger partial charge in [-0.05, 0) is 42.4 Å². The van der Waals surface area contributed by atoms with Gasteiger partial charge in [-0.15, -0.1) is 0 Å². The minimum absolute atomic E-state index is 0.0152. The Morgan fingerprint density at radius 2 is 1.62 bits per heavy atom. The first-order valence-electron chi connectivity index (χ1n) is 9.22. The molecule has 2 aliphatic rings. The summed E-state index contributed by atoms with van der Waals surface area (Å²) in [6.45, 7) is 2.04. The molecule has 0 saturated heterocycles. The summed E-state index contributed by atoms with van der Waals surface area (Å²) in [5, 5.41) is 10.4. The predicted octanol–water partition coefficient (Wildman–Crippen LogP) is 4.49. The molecule has 0 heterocycles. The first-order valence-corrected chi connectivity index (χ1v) is 9.22. The average molecular weight is 345 g/mol. The fourth-order valence-electron chi connectivity index (χ4n) is 3.95. The monoisotopic (exact) mass is 345 g/mol. The van der Waals surface area contributed by atoms with E-state index in [1.165, 1.54) is 16.7 Å². The standard InChI is InChI=1S/C23H23NO2/c1-15-6-8-16(9-7-15)19-12-22(25)21(23(26)13-19)14-24-20-10-17-4-2-3-5-18(17)11-20/h2-9,14,19-20,25H,10-13H2,1H3. The van der Waals surface area contributed by atoms with Crippen LogP contribution in [-0.2, 0) is 17.6 Å². The fourth-order valence-corrected chi connectivity index (χ4v) is 3.95. The van der Waals surface area contributed by atoms with Gasteiger partial charge in [0.25, 0.3) is 0 Å². The average Bonchev–Trinajstić information content (AvgIpc) is 3.04. The Balaban J connectivity index is 1.48. The Kier molecular flexibility index (Phi) is 4.46. The molecule has 2 aromatic carbocycles. The minimum atomic E-state index is -0.0152. The predicted molar refractivity (Wildman–Crippen MR) is 104 cm³/mol. The molecule has 1 N–H and O–H groups in total. The van der Waals surface area contributed by atoms with Gasteiger partial charge in [0.2, 0.25) is 0 Å². The van der Waals surface area contributed by atoms with E-state index in [4.69, 9.17) is 0 Å². The van der Waals surface area contributed by atoms with Crippen LogP contribution in [0, 0.1) is 6.92 Å². The van der Waals surface area contributed by atoms with Crippen LogP contribution in [0.3, 0.4) is 0 Å². The number of benzene rings is 2. The number of nitrogens with zero attached hydrogens (tertiary/aromatic N) is 1. The summed E-state index contributed by atoms with van der Waals surface area (Å²) in [6.07, 6.45) is 4.35. The van der Waals surface area contributed by atoms with Crippen molar-refractivity contribution in [3.63, 3.8) is 0 Å². The molecule has 0 spiro atoms. The SMILES string of the molecule is Cc1ccc(C2CC(=O)C(C=NC3Cc4ccccc4C3)=C(O)C2)cc1. The molecule has 0 aromatic heterocycles. The Morgan fingerprint density at radius 3 is 2.23 bits per heavy atom. The van der Waals surface area contributed by atoms with Crippen LogP contribution in [-0.4, -0.2) is 23.1 Å². The van der Waals surface area contributed by atoms with Gasteiger partial charge >= 0.3 is 0 Å². The van der Waals surface area contributed by atoms with Gasteiger partial charge in [-0.3, -0.25) is 9.79 Å². The largest absolute Gasteiger partial charge is 0.511 e. The van der Waals surface area contributed by atoms with Crippen LogP contribution in [0.25, 0.3) is 0 Å². The normalized spacial score (nSPS) is 20.8. The third kappa shape index (κ3) is 3.34. The zero-order chi connectivity index (χ0) is 18.1. The van der Waals surface area contributed by atoms with Crippen molar-refractivity contribution >= 4 is 12.0 Å². The van der Waals surface area contributed by atoms with Gasteiger partial charge in [-0.25, -0.2) is 0 Å². The van der Waals surface area contributed by atoms with E-state index < -0.39 is 0 Å². The van der Waals surface area contributed by atoms with Crippen LogP contribution in [0.4, 0.5) is 0 Å². The van der Waals surface area contributed by atoms with Crippen LogP contribution >= 0.6 is 0 Å². The van der Waals surface area contributed by atoms with E-state index in [9.17, 15) is 9.90 Å². The topological polar surface area (TPSA) is 49.7 Å². The van der Waals surface area contributed by atoms with Gasteiger partial charge in [0.15, 0.2) is 5.78 Å². The Labute approximate surface area is 154 Å². The van der Waals surface area contributed by atoms with Crippen molar-refractivity contribution in [2.45, 2.75) is 44.6 Å². The van der Waals surface area contributed by atoms with Gasteiger partial charge in [0.1, 0.15) is 5.76 Å². The number of allylic oxidation sites excluding steroid dienone is 2. The van der Waals surface area contributed by atoms with Crippen LogP contribution in [0.2, 0.25) is 0 Å². The van der Waals surface area contributed by atoms with Crippen LogP contribution in [0.15, 0.2) is 64.9 Å². The van der Waals surface area contributed by atoms with Crippen LogP contribution < -0.4 is 0 Å². The molecule has 0 fully saturated rings. The lowest BCUT2D eigenvalue weighted by molar-refractivity contribution is -0.116. The molecule has 0 radical (unpaired) electrons. The molecule has 3 nitrogen and oxygen atoms in total. The molecular formula is C23H23NO2. The van der Waals surface area contributed by atoms with E-state index >= 15 is 0 Å². The number of carbonyl (C=O) groups excluding carboxylic acids is 1. The van der Waals surface area contributed by atoms with Crippen molar-refractivity contribution < 1.29 is 9.90 Å². The molecule has 3 heteroatoms. The zero-order valence-electron chi connectivity index (χ0n) is 15.0. The number of aliphatic hydroxyl groups excluding tert-OH is 1. The number of Topliss-reactive ketones (excluding diaryl/α,β-unsaturated/α-hetero) is 1. The first kappa shape index (κ1) is 16.8. The smallest absolute Gasteiger partial charge is 0.168 e. The highest BCUT2D eigenvalue weighted by atomic mass is 16.3. The lowest BCUT2D eigenvalue weighted by atomic mass is 9.83. The highest BCUT2D eigenvalue weighted by Gasteiger charge is 2.28. The van der Waals surface area contributed by atoms with E-state index in [0.29, 0.717) is 18.4 Å². The summed E-state index contributed by atoms with van der Waals surface area (Å²) in [4.78, 5) is 17.2. The molecule has 1 atom stereocenters. The molecule has 26 heavy (non-hydrogen) atoms. The molecule has 4 rings (SSSR count). The second kappa shape index (κ2) is 6.91. The summed E-state index contributed by atoms with van der Waals surface area (Å²) in [7, 11) is 0. The lowest BCUT2D eigenvalue weighted by Gasteiger charge is -2.22. The molecular weight excluding hydrogens is 322 g/mol. The van der Waals surface area contributed by atoms with Crippen molar-refractivity contribution in [1.29, 1.82) is 0 Å².